The highest BCUT2D eigenvalue weighted by atomic mass is 32.2. The van der Waals surface area contributed by atoms with Crippen LogP contribution in [0, 0.1) is 5.92 Å². The predicted octanol–water partition coefficient (Wildman–Crippen LogP) is 3.86. The standard InChI is InChI=1S/C24H25N3O3S/c25-24(28)19-14-16-27(17-15-19)22-12-6-5-11-21(22)26-31(29,30)23-13-7-4-10-20(23)18-8-2-1-3-9-18/h1-13,19,26H,14-17H2,(H2,25,28). The molecule has 1 amide bonds. The van der Waals surface area contributed by atoms with Crippen LogP contribution in [0.3, 0.4) is 0 Å². The summed E-state index contributed by atoms with van der Waals surface area (Å²) in [4.78, 5) is 13.8. The van der Waals surface area contributed by atoms with Crippen molar-refractivity contribution in [3.63, 3.8) is 0 Å². The molecule has 0 atom stereocenters. The molecule has 3 N–H and O–H groups in total. The van der Waals surface area contributed by atoms with Gasteiger partial charge in [0.1, 0.15) is 0 Å². The third kappa shape index (κ3) is 4.56. The zero-order valence-electron chi connectivity index (χ0n) is 17.1. The highest BCUT2D eigenvalue weighted by Crippen LogP contribution is 2.33. The fraction of sp³-hybridized carbons (Fsp3) is 0.208. The smallest absolute Gasteiger partial charge is 0.262 e. The maximum Gasteiger partial charge on any atom is 0.262 e. The van der Waals surface area contributed by atoms with Gasteiger partial charge < -0.3 is 10.6 Å². The van der Waals surface area contributed by atoms with E-state index in [-0.39, 0.29) is 16.7 Å². The minimum absolute atomic E-state index is 0.127. The summed E-state index contributed by atoms with van der Waals surface area (Å²) in [5.41, 5.74) is 8.24. The van der Waals surface area contributed by atoms with Gasteiger partial charge in [-0.25, -0.2) is 8.42 Å². The van der Waals surface area contributed by atoms with Gasteiger partial charge in [-0.2, -0.15) is 0 Å². The van der Waals surface area contributed by atoms with Crippen LogP contribution >= 0.6 is 0 Å². The summed E-state index contributed by atoms with van der Waals surface area (Å²) < 4.78 is 29.5. The topological polar surface area (TPSA) is 92.5 Å². The first-order valence-corrected chi connectivity index (χ1v) is 11.7. The summed E-state index contributed by atoms with van der Waals surface area (Å²) in [7, 11) is -3.83. The highest BCUT2D eigenvalue weighted by molar-refractivity contribution is 7.92. The monoisotopic (exact) mass is 435 g/mol. The van der Waals surface area contributed by atoms with Crippen molar-refractivity contribution in [1.29, 1.82) is 0 Å². The summed E-state index contributed by atoms with van der Waals surface area (Å²) in [6.45, 7) is 1.29. The minimum atomic E-state index is -3.83. The van der Waals surface area contributed by atoms with Crippen LogP contribution in [0.4, 0.5) is 11.4 Å². The van der Waals surface area contributed by atoms with Crippen molar-refractivity contribution in [2.45, 2.75) is 17.7 Å². The van der Waals surface area contributed by atoms with E-state index in [1.807, 2.05) is 54.6 Å². The lowest BCUT2D eigenvalue weighted by Crippen LogP contribution is -2.38. The van der Waals surface area contributed by atoms with E-state index in [0.29, 0.717) is 37.2 Å². The molecule has 0 radical (unpaired) electrons. The Balaban J connectivity index is 1.63. The number of hydrogen-bond acceptors (Lipinski definition) is 4. The quantitative estimate of drug-likeness (QED) is 0.615. The van der Waals surface area contributed by atoms with Gasteiger partial charge in [-0.15, -0.1) is 0 Å². The fourth-order valence-corrected chi connectivity index (χ4v) is 5.30. The van der Waals surface area contributed by atoms with E-state index in [1.54, 1.807) is 24.3 Å². The number of benzene rings is 3. The van der Waals surface area contributed by atoms with Gasteiger partial charge in [0.25, 0.3) is 10.0 Å². The van der Waals surface area contributed by atoms with Gasteiger partial charge in [-0.1, -0.05) is 60.7 Å². The Morgan fingerprint density at radius 1 is 0.871 bits per heavy atom. The van der Waals surface area contributed by atoms with Crippen molar-refractivity contribution in [1.82, 2.24) is 0 Å². The summed E-state index contributed by atoms with van der Waals surface area (Å²) in [6.07, 6.45) is 1.32. The second-order valence-electron chi connectivity index (χ2n) is 7.65. The molecule has 0 bridgehead atoms. The van der Waals surface area contributed by atoms with Gasteiger partial charge in [0, 0.05) is 24.6 Å². The molecule has 3 aromatic carbocycles. The number of carbonyl (C=O) groups excluding carboxylic acids is 1. The molecule has 1 fully saturated rings. The number of nitrogens with zero attached hydrogens (tertiary/aromatic N) is 1. The molecule has 0 aliphatic carbocycles. The molecule has 1 heterocycles. The van der Waals surface area contributed by atoms with Gasteiger partial charge in [-0.3, -0.25) is 9.52 Å². The van der Waals surface area contributed by atoms with Gasteiger partial charge in [-0.05, 0) is 36.6 Å². The second-order valence-corrected chi connectivity index (χ2v) is 9.30. The second kappa shape index (κ2) is 8.81. The zero-order chi connectivity index (χ0) is 21.8. The SMILES string of the molecule is NC(=O)C1CCN(c2ccccc2NS(=O)(=O)c2ccccc2-c2ccccc2)CC1. The molecule has 31 heavy (non-hydrogen) atoms. The zero-order valence-corrected chi connectivity index (χ0v) is 17.9. The largest absolute Gasteiger partial charge is 0.370 e. The number of sulfonamides is 1. The van der Waals surface area contributed by atoms with Crippen LogP contribution in [0.1, 0.15) is 12.8 Å². The summed E-state index contributed by atoms with van der Waals surface area (Å²) >= 11 is 0. The molecule has 1 aliphatic heterocycles. The van der Waals surface area contributed by atoms with Crippen molar-refractivity contribution in [2.75, 3.05) is 22.7 Å². The van der Waals surface area contributed by atoms with Gasteiger partial charge in [0.2, 0.25) is 5.91 Å². The Kier molecular flexibility index (Phi) is 5.95. The molecule has 1 saturated heterocycles. The third-order valence-electron chi connectivity index (χ3n) is 5.65. The summed E-state index contributed by atoms with van der Waals surface area (Å²) in [6, 6.07) is 23.8. The fourth-order valence-electron chi connectivity index (χ4n) is 4.00. The molecule has 6 nitrogen and oxygen atoms in total. The Hall–Kier alpha value is -3.32. The maximum absolute atomic E-state index is 13.4. The number of rotatable bonds is 6. The average molecular weight is 436 g/mol. The molecule has 160 valence electrons. The molecule has 3 aromatic rings. The van der Waals surface area contributed by atoms with Crippen LogP contribution in [0.5, 0.6) is 0 Å². The lowest BCUT2D eigenvalue weighted by molar-refractivity contribution is -0.122. The Bertz CT molecular complexity index is 1170. The Morgan fingerprint density at radius 3 is 2.19 bits per heavy atom. The van der Waals surface area contributed by atoms with Crippen molar-refractivity contribution >= 4 is 27.3 Å². The van der Waals surface area contributed by atoms with E-state index in [9.17, 15) is 13.2 Å². The number of para-hydroxylation sites is 2. The molecule has 0 saturated carbocycles. The Labute approximate surface area is 182 Å². The van der Waals surface area contributed by atoms with Gasteiger partial charge in [0.05, 0.1) is 16.3 Å². The maximum atomic E-state index is 13.4. The van der Waals surface area contributed by atoms with Crippen molar-refractivity contribution in [3.05, 3.63) is 78.9 Å². The van der Waals surface area contributed by atoms with Crippen LogP contribution in [-0.4, -0.2) is 27.4 Å². The van der Waals surface area contributed by atoms with E-state index in [0.717, 1.165) is 11.3 Å². The van der Waals surface area contributed by atoms with Gasteiger partial charge in [0.15, 0.2) is 0 Å². The molecule has 7 heteroatoms. The normalized spacial score (nSPS) is 14.9. The molecular formula is C24H25N3O3S. The molecule has 0 spiro atoms. The van der Waals surface area contributed by atoms with Crippen LogP contribution < -0.4 is 15.4 Å². The van der Waals surface area contributed by atoms with E-state index in [4.69, 9.17) is 5.73 Å². The molecule has 4 rings (SSSR count). The van der Waals surface area contributed by atoms with Crippen LogP contribution in [-0.2, 0) is 14.8 Å². The summed E-state index contributed by atoms with van der Waals surface area (Å²) in [5, 5.41) is 0. The molecule has 0 unspecified atom stereocenters. The van der Waals surface area contributed by atoms with Crippen LogP contribution in [0.15, 0.2) is 83.8 Å². The number of anilines is 2. The first-order chi connectivity index (χ1) is 15.0. The number of nitrogens with two attached hydrogens (primary N) is 1. The average Bonchev–Trinajstić information content (AvgIpc) is 2.80. The number of carbonyl (C=O) groups is 1. The van der Waals surface area contributed by atoms with Crippen LogP contribution in [0.2, 0.25) is 0 Å². The van der Waals surface area contributed by atoms with Crippen LogP contribution in [0.25, 0.3) is 11.1 Å². The van der Waals surface area contributed by atoms with Gasteiger partial charge >= 0.3 is 0 Å². The number of piperidine rings is 1. The van der Waals surface area contributed by atoms with E-state index < -0.39 is 10.0 Å². The highest BCUT2D eigenvalue weighted by Gasteiger charge is 2.26. The third-order valence-corrected chi connectivity index (χ3v) is 7.07. The lowest BCUT2D eigenvalue weighted by atomic mass is 9.96. The number of amides is 1. The van der Waals surface area contributed by atoms with E-state index >= 15 is 0 Å². The Morgan fingerprint density at radius 2 is 1.48 bits per heavy atom. The van der Waals surface area contributed by atoms with Crippen molar-refractivity contribution in [3.8, 4) is 11.1 Å². The molecular weight excluding hydrogens is 410 g/mol. The number of hydrogen-bond donors (Lipinski definition) is 2. The molecule has 1 aliphatic rings. The molecule has 0 aromatic heterocycles. The number of primary amides is 1. The minimum Gasteiger partial charge on any atom is -0.370 e. The van der Waals surface area contributed by atoms with E-state index in [2.05, 4.69) is 9.62 Å². The lowest BCUT2D eigenvalue weighted by Gasteiger charge is -2.33. The predicted molar refractivity (Wildman–Crippen MR) is 123 cm³/mol. The summed E-state index contributed by atoms with van der Waals surface area (Å²) in [5.74, 6) is -0.399. The first-order valence-electron chi connectivity index (χ1n) is 10.3. The number of nitrogens with one attached hydrogen (secondary N) is 1. The van der Waals surface area contributed by atoms with E-state index in [1.165, 1.54) is 0 Å². The first kappa shape index (κ1) is 20.9. The van der Waals surface area contributed by atoms with Crippen molar-refractivity contribution < 1.29 is 13.2 Å². The van der Waals surface area contributed by atoms with Crippen molar-refractivity contribution in [2.24, 2.45) is 11.7 Å².